The minimum atomic E-state index is 0.0383. The third kappa shape index (κ3) is 4.94. The molecule has 2 heterocycles. The zero-order chi connectivity index (χ0) is 20.8. The van der Waals surface area contributed by atoms with Gasteiger partial charge in [0.15, 0.2) is 0 Å². The van der Waals surface area contributed by atoms with Crippen molar-refractivity contribution in [2.75, 3.05) is 52.6 Å². The first kappa shape index (κ1) is 20.7. The highest BCUT2D eigenvalue weighted by molar-refractivity contribution is 5.97. The number of rotatable bonds is 8. The van der Waals surface area contributed by atoms with Crippen LogP contribution in [0.25, 0.3) is 0 Å². The zero-order valence-electron chi connectivity index (χ0n) is 17.6. The summed E-state index contributed by atoms with van der Waals surface area (Å²) in [4.78, 5) is 17.4. The van der Waals surface area contributed by atoms with Crippen LogP contribution in [0, 0.1) is 0 Å². The molecule has 0 aromatic heterocycles. The van der Waals surface area contributed by atoms with Gasteiger partial charge in [0, 0.05) is 45.8 Å². The molecule has 0 unspecified atom stereocenters. The second kappa shape index (κ2) is 9.96. The monoisotopic (exact) mass is 410 g/mol. The van der Waals surface area contributed by atoms with Crippen molar-refractivity contribution in [3.63, 3.8) is 0 Å². The average Bonchev–Trinajstić information content (AvgIpc) is 3.25. The van der Waals surface area contributed by atoms with Gasteiger partial charge < -0.3 is 19.1 Å². The molecular formula is C24H30N2O4. The summed E-state index contributed by atoms with van der Waals surface area (Å²) in [6.45, 7) is 8.45. The largest absolute Gasteiger partial charge is 0.493 e. The van der Waals surface area contributed by atoms with Gasteiger partial charge in [0.25, 0.3) is 5.91 Å². The molecule has 1 saturated heterocycles. The third-order valence-corrected chi connectivity index (χ3v) is 5.63. The van der Waals surface area contributed by atoms with E-state index < -0.39 is 0 Å². The molecule has 0 saturated carbocycles. The smallest absolute Gasteiger partial charge is 0.257 e. The lowest BCUT2D eigenvalue weighted by Crippen LogP contribution is -2.48. The fourth-order valence-electron chi connectivity index (χ4n) is 4.00. The first-order chi connectivity index (χ1) is 14.7. The first-order valence-corrected chi connectivity index (χ1v) is 10.8. The van der Waals surface area contributed by atoms with Gasteiger partial charge in [0.1, 0.15) is 18.1 Å². The molecule has 1 amide bonds. The van der Waals surface area contributed by atoms with Crippen molar-refractivity contribution in [2.24, 2.45) is 0 Å². The van der Waals surface area contributed by atoms with E-state index >= 15 is 0 Å². The van der Waals surface area contributed by atoms with Gasteiger partial charge in [0.05, 0.1) is 18.8 Å². The maximum absolute atomic E-state index is 13.1. The summed E-state index contributed by atoms with van der Waals surface area (Å²) in [5, 5.41) is 0. The van der Waals surface area contributed by atoms with Crippen LogP contribution in [-0.4, -0.2) is 68.3 Å². The number of amides is 1. The van der Waals surface area contributed by atoms with Gasteiger partial charge in [-0.15, -0.1) is 0 Å². The molecule has 160 valence electrons. The highest BCUT2D eigenvalue weighted by Crippen LogP contribution is 2.27. The molecule has 1 fully saturated rings. The number of hydrogen-bond donors (Lipinski definition) is 0. The molecule has 0 atom stereocenters. The minimum Gasteiger partial charge on any atom is -0.493 e. The standard InChI is InChI=1S/C24H30N2O4/c1-2-28-15-16-30-23-6-4-3-5-21(23)24(27)26-12-10-25(11-13-26)18-19-7-8-22-20(17-19)9-14-29-22/h3-8,17H,2,9-16,18H2,1H3. The van der Waals surface area contributed by atoms with E-state index in [2.05, 4.69) is 23.1 Å². The Bertz CT molecular complexity index is 862. The van der Waals surface area contributed by atoms with E-state index in [0.29, 0.717) is 31.1 Å². The van der Waals surface area contributed by atoms with E-state index in [9.17, 15) is 4.79 Å². The maximum Gasteiger partial charge on any atom is 0.257 e. The van der Waals surface area contributed by atoms with Gasteiger partial charge >= 0.3 is 0 Å². The van der Waals surface area contributed by atoms with Crippen LogP contribution >= 0.6 is 0 Å². The number of carbonyl (C=O) groups excluding carboxylic acids is 1. The molecule has 0 radical (unpaired) electrons. The Labute approximate surface area is 178 Å². The highest BCUT2D eigenvalue weighted by atomic mass is 16.5. The van der Waals surface area contributed by atoms with E-state index in [4.69, 9.17) is 14.2 Å². The molecule has 2 aromatic rings. The quantitative estimate of drug-likeness (QED) is 0.627. The second-order valence-electron chi connectivity index (χ2n) is 7.65. The van der Waals surface area contributed by atoms with Crippen LogP contribution in [0.4, 0.5) is 0 Å². The van der Waals surface area contributed by atoms with Crippen molar-refractivity contribution < 1.29 is 19.0 Å². The fraction of sp³-hybridized carbons (Fsp3) is 0.458. The van der Waals surface area contributed by atoms with E-state index in [1.165, 1.54) is 11.1 Å². The summed E-state index contributed by atoms with van der Waals surface area (Å²) in [7, 11) is 0. The summed E-state index contributed by atoms with van der Waals surface area (Å²) in [5.41, 5.74) is 3.25. The molecule has 2 aromatic carbocycles. The number of nitrogens with zero attached hydrogens (tertiary/aromatic N) is 2. The Kier molecular flexibility index (Phi) is 6.87. The van der Waals surface area contributed by atoms with Crippen LogP contribution in [0.5, 0.6) is 11.5 Å². The lowest BCUT2D eigenvalue weighted by molar-refractivity contribution is 0.0620. The van der Waals surface area contributed by atoms with Crippen LogP contribution in [0.1, 0.15) is 28.4 Å². The van der Waals surface area contributed by atoms with Gasteiger partial charge in [-0.1, -0.05) is 24.3 Å². The summed E-state index contributed by atoms with van der Waals surface area (Å²) >= 11 is 0. The molecule has 4 rings (SSSR count). The Balaban J connectivity index is 1.31. The number of para-hydroxylation sites is 1. The summed E-state index contributed by atoms with van der Waals surface area (Å²) in [5.74, 6) is 1.69. The van der Waals surface area contributed by atoms with E-state index in [1.807, 2.05) is 36.1 Å². The molecular weight excluding hydrogens is 380 g/mol. The van der Waals surface area contributed by atoms with Gasteiger partial charge in [-0.2, -0.15) is 0 Å². The number of fused-ring (bicyclic) bond motifs is 1. The number of hydrogen-bond acceptors (Lipinski definition) is 5. The predicted molar refractivity (Wildman–Crippen MR) is 115 cm³/mol. The van der Waals surface area contributed by atoms with Crippen molar-refractivity contribution in [3.8, 4) is 11.5 Å². The SMILES string of the molecule is CCOCCOc1ccccc1C(=O)N1CCN(Cc2ccc3c(c2)CCO3)CC1. The van der Waals surface area contributed by atoms with Crippen LogP contribution in [0.3, 0.4) is 0 Å². The lowest BCUT2D eigenvalue weighted by atomic mass is 10.1. The summed E-state index contributed by atoms with van der Waals surface area (Å²) in [6.07, 6.45) is 0.998. The highest BCUT2D eigenvalue weighted by Gasteiger charge is 2.24. The third-order valence-electron chi connectivity index (χ3n) is 5.63. The molecule has 2 aliphatic rings. The molecule has 2 aliphatic heterocycles. The van der Waals surface area contributed by atoms with Crippen LogP contribution in [-0.2, 0) is 17.7 Å². The van der Waals surface area contributed by atoms with Crippen molar-refractivity contribution in [2.45, 2.75) is 19.9 Å². The maximum atomic E-state index is 13.1. The Morgan fingerprint density at radius 1 is 1.07 bits per heavy atom. The normalized spacial score (nSPS) is 16.2. The van der Waals surface area contributed by atoms with E-state index in [1.54, 1.807) is 0 Å². The van der Waals surface area contributed by atoms with Gasteiger partial charge in [-0.05, 0) is 36.2 Å². The zero-order valence-corrected chi connectivity index (χ0v) is 17.6. The molecule has 6 heteroatoms. The molecule has 6 nitrogen and oxygen atoms in total. The van der Waals surface area contributed by atoms with Gasteiger partial charge in [0.2, 0.25) is 0 Å². The molecule has 30 heavy (non-hydrogen) atoms. The lowest BCUT2D eigenvalue weighted by Gasteiger charge is -2.35. The van der Waals surface area contributed by atoms with Crippen molar-refractivity contribution in [1.82, 2.24) is 9.80 Å². The van der Waals surface area contributed by atoms with Crippen LogP contribution < -0.4 is 9.47 Å². The summed E-state index contributed by atoms with van der Waals surface area (Å²) < 4.78 is 16.7. The molecule has 0 N–H and O–H groups in total. The van der Waals surface area contributed by atoms with Crippen molar-refractivity contribution in [3.05, 3.63) is 59.2 Å². The molecule has 0 spiro atoms. The van der Waals surface area contributed by atoms with Gasteiger partial charge in [-0.25, -0.2) is 0 Å². The second-order valence-corrected chi connectivity index (χ2v) is 7.65. The van der Waals surface area contributed by atoms with Crippen LogP contribution in [0.15, 0.2) is 42.5 Å². The van der Waals surface area contributed by atoms with Crippen LogP contribution in [0.2, 0.25) is 0 Å². The predicted octanol–water partition coefficient (Wildman–Crippen LogP) is 2.99. The van der Waals surface area contributed by atoms with Crippen molar-refractivity contribution >= 4 is 5.91 Å². The Hall–Kier alpha value is -2.57. The first-order valence-electron chi connectivity index (χ1n) is 10.8. The number of benzene rings is 2. The number of ether oxygens (including phenoxy) is 3. The molecule has 0 bridgehead atoms. The fourth-order valence-corrected chi connectivity index (χ4v) is 4.00. The molecule has 0 aliphatic carbocycles. The average molecular weight is 411 g/mol. The number of carbonyl (C=O) groups is 1. The van der Waals surface area contributed by atoms with Gasteiger partial charge in [-0.3, -0.25) is 9.69 Å². The Morgan fingerprint density at radius 2 is 1.90 bits per heavy atom. The van der Waals surface area contributed by atoms with E-state index in [-0.39, 0.29) is 5.91 Å². The summed E-state index contributed by atoms with van der Waals surface area (Å²) in [6, 6.07) is 14.0. The minimum absolute atomic E-state index is 0.0383. The number of piperazine rings is 1. The van der Waals surface area contributed by atoms with E-state index in [0.717, 1.165) is 51.5 Å². The topological polar surface area (TPSA) is 51.2 Å². The van der Waals surface area contributed by atoms with Crippen molar-refractivity contribution in [1.29, 1.82) is 0 Å². The Morgan fingerprint density at radius 3 is 2.73 bits per heavy atom.